The highest BCUT2D eigenvalue weighted by Gasteiger charge is 2.18. The van der Waals surface area contributed by atoms with Crippen molar-refractivity contribution in [2.24, 2.45) is 5.73 Å². The quantitative estimate of drug-likeness (QED) is 0.936. The number of hydrogen-bond acceptors (Lipinski definition) is 5. The number of hydrogen-bond donors (Lipinski definition) is 1. The molecule has 0 spiro atoms. The van der Waals surface area contributed by atoms with E-state index in [1.54, 1.807) is 17.4 Å². The van der Waals surface area contributed by atoms with Crippen molar-refractivity contribution in [1.29, 1.82) is 0 Å². The molecule has 0 bridgehead atoms. The minimum atomic E-state index is -0.417. The first kappa shape index (κ1) is 14.0. The van der Waals surface area contributed by atoms with E-state index in [2.05, 4.69) is 16.8 Å². The summed E-state index contributed by atoms with van der Waals surface area (Å²) in [5.74, 6) is -0.417. The smallest absolute Gasteiger partial charge is 0.249 e. The maximum Gasteiger partial charge on any atom is 0.249 e. The minimum Gasteiger partial charge on any atom is -0.366 e. The van der Waals surface area contributed by atoms with Crippen LogP contribution in [0.2, 0.25) is 0 Å². The summed E-state index contributed by atoms with van der Waals surface area (Å²) in [6, 6.07) is 7.35. The highest BCUT2D eigenvalue weighted by Crippen LogP contribution is 2.29. The van der Waals surface area contributed by atoms with Gasteiger partial charge in [-0.25, -0.2) is 4.98 Å². The Kier molecular flexibility index (Phi) is 3.90. The van der Waals surface area contributed by atoms with Crippen LogP contribution in [0.4, 0.5) is 5.13 Å². The van der Waals surface area contributed by atoms with Crippen LogP contribution in [0.1, 0.15) is 10.4 Å². The van der Waals surface area contributed by atoms with E-state index in [0.717, 1.165) is 42.6 Å². The molecule has 1 fully saturated rings. The number of benzene rings is 1. The Balaban J connectivity index is 1.87. The second kappa shape index (κ2) is 5.83. The Hall–Kier alpha value is -1.92. The molecule has 110 valence electrons. The van der Waals surface area contributed by atoms with Gasteiger partial charge in [0.2, 0.25) is 5.91 Å². The molecule has 1 aliphatic heterocycles. The number of carbonyl (C=O) groups excluding carboxylic acids is 1. The number of primary amides is 1. The fraction of sp³-hybridized carbons (Fsp3) is 0.333. The fourth-order valence-corrected chi connectivity index (χ4v) is 3.33. The van der Waals surface area contributed by atoms with E-state index in [-0.39, 0.29) is 0 Å². The number of amides is 1. The maximum absolute atomic E-state index is 11.5. The molecule has 0 aliphatic carbocycles. The second-order valence-electron chi connectivity index (χ2n) is 5.22. The molecule has 1 amide bonds. The number of aromatic nitrogens is 1. The Morgan fingerprint density at radius 1 is 1.24 bits per heavy atom. The minimum absolute atomic E-state index is 0.417. The number of piperazine rings is 1. The average molecular weight is 302 g/mol. The van der Waals surface area contributed by atoms with Gasteiger partial charge in [-0.3, -0.25) is 4.79 Å². The van der Waals surface area contributed by atoms with Gasteiger partial charge in [-0.05, 0) is 13.1 Å². The molecule has 3 rings (SSSR count). The lowest BCUT2D eigenvalue weighted by Crippen LogP contribution is -2.44. The molecule has 5 nitrogen and oxygen atoms in total. The molecule has 0 atom stereocenters. The van der Waals surface area contributed by atoms with Crippen molar-refractivity contribution >= 4 is 22.4 Å². The predicted molar refractivity (Wildman–Crippen MR) is 85.8 cm³/mol. The number of thiazole rings is 1. The Bertz CT molecular complexity index is 647. The zero-order valence-electron chi connectivity index (χ0n) is 12.0. The SMILES string of the molecule is CN1CCN(c2nc(-c3ccccc3C(N)=O)cs2)CC1. The number of nitrogens with two attached hydrogens (primary N) is 1. The van der Waals surface area contributed by atoms with Crippen LogP contribution in [0.15, 0.2) is 29.6 Å². The number of nitrogens with zero attached hydrogens (tertiary/aromatic N) is 3. The average Bonchev–Trinajstić information content (AvgIpc) is 2.97. The Labute approximate surface area is 128 Å². The molecular weight excluding hydrogens is 284 g/mol. The topological polar surface area (TPSA) is 62.5 Å². The third kappa shape index (κ3) is 2.91. The summed E-state index contributed by atoms with van der Waals surface area (Å²) in [6.07, 6.45) is 0. The van der Waals surface area contributed by atoms with Crippen LogP contribution in [0.25, 0.3) is 11.3 Å². The Morgan fingerprint density at radius 3 is 2.67 bits per heavy atom. The largest absolute Gasteiger partial charge is 0.366 e. The number of rotatable bonds is 3. The van der Waals surface area contributed by atoms with Crippen LogP contribution in [-0.2, 0) is 0 Å². The lowest BCUT2D eigenvalue weighted by molar-refractivity contribution is 0.100. The molecular formula is C15H18N4OS. The summed E-state index contributed by atoms with van der Waals surface area (Å²) in [6.45, 7) is 4.07. The van der Waals surface area contributed by atoms with E-state index in [0.29, 0.717) is 5.56 Å². The predicted octanol–water partition coefficient (Wildman–Crippen LogP) is 1.66. The summed E-state index contributed by atoms with van der Waals surface area (Å²) >= 11 is 1.62. The van der Waals surface area contributed by atoms with E-state index in [9.17, 15) is 4.79 Å². The van der Waals surface area contributed by atoms with Crippen LogP contribution in [-0.4, -0.2) is 49.0 Å². The van der Waals surface area contributed by atoms with Gasteiger partial charge in [0.1, 0.15) is 0 Å². The second-order valence-corrected chi connectivity index (χ2v) is 6.05. The zero-order chi connectivity index (χ0) is 14.8. The maximum atomic E-state index is 11.5. The summed E-state index contributed by atoms with van der Waals surface area (Å²) in [5, 5.41) is 3.01. The van der Waals surface area contributed by atoms with Crippen molar-refractivity contribution in [1.82, 2.24) is 9.88 Å². The highest BCUT2D eigenvalue weighted by atomic mass is 32.1. The van der Waals surface area contributed by atoms with Crippen LogP contribution >= 0.6 is 11.3 Å². The molecule has 1 aliphatic rings. The van der Waals surface area contributed by atoms with Gasteiger partial charge >= 0.3 is 0 Å². The first-order valence-corrected chi connectivity index (χ1v) is 7.81. The fourth-order valence-electron chi connectivity index (χ4n) is 2.45. The van der Waals surface area contributed by atoms with Gasteiger partial charge in [0.15, 0.2) is 5.13 Å². The summed E-state index contributed by atoms with van der Waals surface area (Å²) in [7, 11) is 2.13. The van der Waals surface area contributed by atoms with Gasteiger partial charge in [0.25, 0.3) is 0 Å². The lowest BCUT2D eigenvalue weighted by atomic mass is 10.1. The highest BCUT2D eigenvalue weighted by molar-refractivity contribution is 7.14. The molecule has 6 heteroatoms. The van der Waals surface area contributed by atoms with Crippen molar-refractivity contribution in [3.63, 3.8) is 0 Å². The molecule has 1 aromatic carbocycles. The van der Waals surface area contributed by atoms with Crippen LogP contribution in [0.5, 0.6) is 0 Å². The zero-order valence-corrected chi connectivity index (χ0v) is 12.8. The van der Waals surface area contributed by atoms with E-state index < -0.39 is 5.91 Å². The van der Waals surface area contributed by atoms with Gasteiger partial charge in [0, 0.05) is 42.7 Å². The third-order valence-electron chi connectivity index (χ3n) is 3.73. The van der Waals surface area contributed by atoms with Crippen LogP contribution < -0.4 is 10.6 Å². The molecule has 1 aromatic heterocycles. The first-order chi connectivity index (χ1) is 10.1. The summed E-state index contributed by atoms with van der Waals surface area (Å²) < 4.78 is 0. The van der Waals surface area contributed by atoms with E-state index in [4.69, 9.17) is 10.7 Å². The monoisotopic (exact) mass is 302 g/mol. The van der Waals surface area contributed by atoms with Gasteiger partial charge in [0.05, 0.1) is 5.69 Å². The number of anilines is 1. The van der Waals surface area contributed by atoms with Gasteiger partial charge < -0.3 is 15.5 Å². The molecule has 2 N–H and O–H groups in total. The van der Waals surface area contributed by atoms with Crippen molar-refractivity contribution in [3.8, 4) is 11.3 Å². The molecule has 0 unspecified atom stereocenters. The van der Waals surface area contributed by atoms with Crippen molar-refractivity contribution in [2.75, 3.05) is 38.1 Å². The van der Waals surface area contributed by atoms with Gasteiger partial charge in [-0.1, -0.05) is 18.2 Å². The van der Waals surface area contributed by atoms with Crippen LogP contribution in [0, 0.1) is 0 Å². The molecule has 0 saturated carbocycles. The van der Waals surface area contributed by atoms with E-state index >= 15 is 0 Å². The van der Waals surface area contributed by atoms with E-state index in [1.165, 1.54) is 0 Å². The standard InChI is InChI=1S/C15H18N4OS/c1-18-6-8-19(9-7-18)15-17-13(10-21-15)11-4-2-3-5-12(11)14(16)20/h2-5,10H,6-9H2,1H3,(H2,16,20). The number of likely N-dealkylation sites (N-methyl/N-ethyl adjacent to an activating group) is 1. The summed E-state index contributed by atoms with van der Waals surface area (Å²) in [4.78, 5) is 20.8. The third-order valence-corrected chi connectivity index (χ3v) is 4.64. The molecule has 2 heterocycles. The van der Waals surface area contributed by atoms with E-state index in [1.807, 2.05) is 23.6 Å². The van der Waals surface area contributed by atoms with Crippen molar-refractivity contribution < 1.29 is 4.79 Å². The normalized spacial score (nSPS) is 16.1. The molecule has 0 radical (unpaired) electrons. The number of carbonyl (C=O) groups is 1. The molecule has 2 aromatic rings. The summed E-state index contributed by atoms with van der Waals surface area (Å²) in [5.41, 5.74) is 7.59. The van der Waals surface area contributed by atoms with Gasteiger partial charge in [-0.2, -0.15) is 0 Å². The van der Waals surface area contributed by atoms with Crippen molar-refractivity contribution in [2.45, 2.75) is 0 Å². The van der Waals surface area contributed by atoms with Gasteiger partial charge in [-0.15, -0.1) is 11.3 Å². The first-order valence-electron chi connectivity index (χ1n) is 6.93. The van der Waals surface area contributed by atoms with Crippen LogP contribution in [0.3, 0.4) is 0 Å². The molecule has 21 heavy (non-hydrogen) atoms. The lowest BCUT2D eigenvalue weighted by Gasteiger charge is -2.32. The molecule has 1 saturated heterocycles. The Morgan fingerprint density at radius 2 is 1.95 bits per heavy atom. The van der Waals surface area contributed by atoms with Crippen molar-refractivity contribution in [3.05, 3.63) is 35.2 Å².